The maximum absolute atomic E-state index is 13.4. The van der Waals surface area contributed by atoms with Crippen LogP contribution >= 0.6 is 0 Å². The number of hydrogen-bond acceptors (Lipinski definition) is 6. The maximum Gasteiger partial charge on any atom is 0.311 e. The number of esters is 2. The van der Waals surface area contributed by atoms with Crippen LogP contribution in [0.1, 0.15) is 254 Å². The molecule has 0 rings (SSSR count). The number of carbonyl (C=O) groups is 2. The summed E-state index contributed by atoms with van der Waals surface area (Å²) in [6, 6.07) is 0. The Morgan fingerprint density at radius 2 is 0.945 bits per heavy atom. The van der Waals surface area contributed by atoms with Gasteiger partial charge in [0.1, 0.15) is 6.10 Å². The predicted molar refractivity (Wildman–Crippen MR) is 237 cm³/mol. The zero-order valence-electron chi connectivity index (χ0n) is 38.3. The summed E-state index contributed by atoms with van der Waals surface area (Å²) in [7, 11) is 0. The standard InChI is InChI=1S/C49H97NO5/c1-8-11-14-17-20-21-24-29-37-46(52)54-44-48(4,5)38-31-33-41-50(42-34-43-51)40-32-26-25-30-39-49(6,7)47(53)55-45(35-27-22-18-15-12-9-2)36-28-23-19-16-13-10-3/h45,51H,8-44H2,1-7H3. The Balaban J connectivity index is 4.44. The largest absolute Gasteiger partial charge is 0.465 e. The van der Waals surface area contributed by atoms with Crippen LogP contribution in [0.3, 0.4) is 0 Å². The van der Waals surface area contributed by atoms with Crippen LogP contribution in [0.5, 0.6) is 0 Å². The molecule has 0 aliphatic carbocycles. The van der Waals surface area contributed by atoms with Crippen molar-refractivity contribution in [2.24, 2.45) is 10.8 Å². The molecule has 1 N–H and O–H groups in total. The molecular formula is C49H97NO5. The molecule has 6 heteroatoms. The lowest BCUT2D eigenvalue weighted by molar-refractivity contribution is -0.161. The van der Waals surface area contributed by atoms with Gasteiger partial charge < -0.3 is 19.5 Å². The highest BCUT2D eigenvalue weighted by atomic mass is 16.5. The van der Waals surface area contributed by atoms with E-state index in [1.165, 1.54) is 116 Å². The number of nitrogens with zero attached hydrogens (tertiary/aromatic N) is 1. The summed E-state index contributed by atoms with van der Waals surface area (Å²) in [6.07, 6.45) is 37.3. The number of ether oxygens (including phenoxy) is 2. The van der Waals surface area contributed by atoms with Crippen molar-refractivity contribution < 1.29 is 24.2 Å². The van der Waals surface area contributed by atoms with Crippen molar-refractivity contribution in [1.82, 2.24) is 4.90 Å². The van der Waals surface area contributed by atoms with E-state index in [9.17, 15) is 14.7 Å². The van der Waals surface area contributed by atoms with E-state index in [0.717, 1.165) is 103 Å². The van der Waals surface area contributed by atoms with Crippen molar-refractivity contribution in [1.29, 1.82) is 0 Å². The number of hydrogen-bond donors (Lipinski definition) is 1. The van der Waals surface area contributed by atoms with E-state index in [2.05, 4.69) is 53.4 Å². The molecule has 6 nitrogen and oxygen atoms in total. The fourth-order valence-corrected chi connectivity index (χ4v) is 7.63. The molecule has 0 unspecified atom stereocenters. The van der Waals surface area contributed by atoms with E-state index in [1.807, 2.05) is 0 Å². The smallest absolute Gasteiger partial charge is 0.311 e. The van der Waals surface area contributed by atoms with Gasteiger partial charge in [-0.2, -0.15) is 0 Å². The zero-order chi connectivity index (χ0) is 40.9. The molecule has 0 aliphatic rings. The SMILES string of the molecule is CCCCCCCCCCC(=O)OCC(C)(C)CCCCN(CCCO)CCCCCCC(C)(C)C(=O)OC(CCCCCCCC)CCCCCCCC. The Morgan fingerprint density at radius 1 is 0.527 bits per heavy atom. The van der Waals surface area contributed by atoms with Gasteiger partial charge in [-0.25, -0.2) is 0 Å². The molecule has 0 aromatic carbocycles. The van der Waals surface area contributed by atoms with Gasteiger partial charge in [0.05, 0.1) is 12.0 Å². The molecule has 0 radical (unpaired) electrons. The van der Waals surface area contributed by atoms with Crippen LogP contribution in [-0.4, -0.2) is 60.9 Å². The van der Waals surface area contributed by atoms with Gasteiger partial charge in [0, 0.05) is 19.6 Å². The second-order valence-electron chi connectivity index (χ2n) is 18.6. The Labute approximate surface area is 343 Å². The lowest BCUT2D eigenvalue weighted by Gasteiger charge is -2.27. The van der Waals surface area contributed by atoms with Gasteiger partial charge >= 0.3 is 11.9 Å². The molecule has 0 aromatic rings. The maximum atomic E-state index is 13.4. The molecule has 0 amide bonds. The molecule has 0 bridgehead atoms. The number of aliphatic hydroxyl groups is 1. The van der Waals surface area contributed by atoms with Crippen LogP contribution in [0, 0.1) is 10.8 Å². The van der Waals surface area contributed by atoms with E-state index in [4.69, 9.17) is 9.47 Å². The van der Waals surface area contributed by atoms with Crippen LogP contribution in [0.25, 0.3) is 0 Å². The normalized spacial score (nSPS) is 12.3. The molecular weight excluding hydrogens is 683 g/mol. The first-order valence-corrected chi connectivity index (χ1v) is 24.2. The van der Waals surface area contributed by atoms with E-state index in [1.54, 1.807) is 0 Å². The van der Waals surface area contributed by atoms with Gasteiger partial charge in [0.25, 0.3) is 0 Å². The van der Waals surface area contributed by atoms with Crippen molar-refractivity contribution >= 4 is 11.9 Å². The van der Waals surface area contributed by atoms with Gasteiger partial charge in [-0.1, -0.05) is 169 Å². The predicted octanol–water partition coefficient (Wildman–Crippen LogP) is 14.3. The molecule has 55 heavy (non-hydrogen) atoms. The summed E-state index contributed by atoms with van der Waals surface area (Å²) in [5.74, 6) is -0.0336. The highest BCUT2D eigenvalue weighted by Crippen LogP contribution is 2.29. The molecule has 0 fully saturated rings. The summed E-state index contributed by atoms with van der Waals surface area (Å²) in [5, 5.41) is 9.49. The molecule has 0 saturated carbocycles. The Hall–Kier alpha value is -1.14. The van der Waals surface area contributed by atoms with Gasteiger partial charge in [-0.3, -0.25) is 9.59 Å². The number of rotatable bonds is 42. The topological polar surface area (TPSA) is 76.1 Å². The Bertz CT molecular complexity index is 842. The first-order chi connectivity index (χ1) is 26.5. The molecule has 0 spiro atoms. The average molecular weight is 780 g/mol. The highest BCUT2D eigenvalue weighted by Gasteiger charge is 2.31. The van der Waals surface area contributed by atoms with Gasteiger partial charge in [-0.15, -0.1) is 0 Å². The van der Waals surface area contributed by atoms with Crippen LogP contribution in [-0.2, 0) is 19.1 Å². The van der Waals surface area contributed by atoms with Gasteiger partial charge in [-0.05, 0) is 96.6 Å². The number of carbonyl (C=O) groups excluding carboxylic acids is 2. The van der Waals surface area contributed by atoms with Crippen LogP contribution in [0.15, 0.2) is 0 Å². The zero-order valence-corrected chi connectivity index (χ0v) is 38.3. The lowest BCUT2D eigenvalue weighted by atomic mass is 9.86. The molecule has 0 saturated heterocycles. The third-order valence-electron chi connectivity index (χ3n) is 11.7. The Kier molecular flexibility index (Phi) is 36.4. The lowest BCUT2D eigenvalue weighted by Crippen LogP contribution is -2.31. The third kappa shape index (κ3) is 34.6. The van der Waals surface area contributed by atoms with E-state index < -0.39 is 5.41 Å². The first kappa shape index (κ1) is 53.9. The minimum absolute atomic E-state index is 0.00443. The van der Waals surface area contributed by atoms with Crippen molar-refractivity contribution in [3.63, 3.8) is 0 Å². The molecule has 0 atom stereocenters. The fourth-order valence-electron chi connectivity index (χ4n) is 7.63. The molecule has 0 aliphatic heterocycles. The van der Waals surface area contributed by atoms with E-state index in [-0.39, 0.29) is 30.1 Å². The second-order valence-corrected chi connectivity index (χ2v) is 18.6. The minimum Gasteiger partial charge on any atom is -0.465 e. The monoisotopic (exact) mass is 780 g/mol. The summed E-state index contributed by atoms with van der Waals surface area (Å²) in [5.41, 5.74) is -0.444. The van der Waals surface area contributed by atoms with Gasteiger partial charge in [0.2, 0.25) is 0 Å². The highest BCUT2D eigenvalue weighted by molar-refractivity contribution is 5.76. The van der Waals surface area contributed by atoms with Crippen molar-refractivity contribution in [2.75, 3.05) is 32.8 Å². The third-order valence-corrected chi connectivity index (χ3v) is 11.7. The quantitative estimate of drug-likeness (QED) is 0.0491. The van der Waals surface area contributed by atoms with Crippen molar-refractivity contribution in [2.45, 2.75) is 260 Å². The number of aliphatic hydroxyl groups excluding tert-OH is 1. The van der Waals surface area contributed by atoms with E-state index >= 15 is 0 Å². The van der Waals surface area contributed by atoms with Gasteiger partial charge in [0.15, 0.2) is 0 Å². The fraction of sp³-hybridized carbons (Fsp3) is 0.959. The molecule has 328 valence electrons. The molecule has 0 aromatic heterocycles. The Morgan fingerprint density at radius 3 is 1.47 bits per heavy atom. The summed E-state index contributed by atoms with van der Waals surface area (Å²) in [4.78, 5) is 28.2. The van der Waals surface area contributed by atoms with E-state index in [0.29, 0.717) is 13.0 Å². The summed E-state index contributed by atoms with van der Waals surface area (Å²) < 4.78 is 11.9. The summed E-state index contributed by atoms with van der Waals surface area (Å²) in [6.45, 7) is 19.2. The number of unbranched alkanes of at least 4 members (excludes halogenated alkanes) is 21. The second kappa shape index (κ2) is 37.2. The first-order valence-electron chi connectivity index (χ1n) is 24.2. The summed E-state index contributed by atoms with van der Waals surface area (Å²) >= 11 is 0. The van der Waals surface area contributed by atoms with Crippen molar-refractivity contribution in [3.05, 3.63) is 0 Å². The minimum atomic E-state index is -0.437. The average Bonchev–Trinajstić information content (AvgIpc) is 3.16. The van der Waals surface area contributed by atoms with Crippen LogP contribution < -0.4 is 0 Å². The van der Waals surface area contributed by atoms with Crippen LogP contribution in [0.2, 0.25) is 0 Å². The van der Waals surface area contributed by atoms with Crippen LogP contribution in [0.4, 0.5) is 0 Å². The molecule has 0 heterocycles. The van der Waals surface area contributed by atoms with Crippen molar-refractivity contribution in [3.8, 4) is 0 Å².